The van der Waals surface area contributed by atoms with E-state index in [1.165, 1.54) is 7.11 Å². The first-order valence-corrected chi connectivity index (χ1v) is 6.14. The lowest BCUT2D eigenvalue weighted by Gasteiger charge is -2.30. The van der Waals surface area contributed by atoms with Crippen LogP contribution in [-0.4, -0.2) is 20.3 Å². The van der Waals surface area contributed by atoms with Gasteiger partial charge in [-0.1, -0.05) is 12.1 Å². The van der Waals surface area contributed by atoms with Crippen molar-refractivity contribution in [3.8, 4) is 5.75 Å². The average Bonchev–Trinajstić information content (AvgIpc) is 2.43. The Hall–Kier alpha value is -1.17. The highest BCUT2D eigenvalue weighted by Gasteiger charge is 2.27. The molecule has 1 aromatic rings. The molecule has 4 nitrogen and oxygen atoms in total. The summed E-state index contributed by atoms with van der Waals surface area (Å²) in [4.78, 5) is 0. The summed E-state index contributed by atoms with van der Waals surface area (Å²) in [6.45, 7) is 1.37. The van der Waals surface area contributed by atoms with Gasteiger partial charge in [0, 0.05) is 18.1 Å². The minimum absolute atomic E-state index is 0.186. The van der Waals surface area contributed by atoms with Crippen LogP contribution in [0.1, 0.15) is 24.4 Å². The zero-order chi connectivity index (χ0) is 13.0. The van der Waals surface area contributed by atoms with E-state index in [0.717, 1.165) is 19.4 Å². The molecule has 1 heterocycles. The Kier molecular flexibility index (Phi) is 4.52. The van der Waals surface area contributed by atoms with Gasteiger partial charge in [0.15, 0.2) is 11.6 Å². The second-order valence-electron chi connectivity index (χ2n) is 4.49. The first-order valence-electron chi connectivity index (χ1n) is 6.14. The summed E-state index contributed by atoms with van der Waals surface area (Å²) in [5.74, 6) is 5.66. The summed E-state index contributed by atoms with van der Waals surface area (Å²) < 4.78 is 24.6. The average molecular weight is 254 g/mol. The van der Waals surface area contributed by atoms with Crippen molar-refractivity contribution in [3.05, 3.63) is 29.6 Å². The third kappa shape index (κ3) is 2.63. The van der Waals surface area contributed by atoms with Gasteiger partial charge in [0.2, 0.25) is 0 Å². The van der Waals surface area contributed by atoms with Crippen LogP contribution in [0.2, 0.25) is 0 Å². The molecule has 2 atom stereocenters. The number of halogens is 1. The predicted molar refractivity (Wildman–Crippen MR) is 66.6 cm³/mol. The fraction of sp³-hybridized carbons (Fsp3) is 0.538. The van der Waals surface area contributed by atoms with Crippen molar-refractivity contribution in [2.75, 3.05) is 20.3 Å². The van der Waals surface area contributed by atoms with Gasteiger partial charge < -0.3 is 9.47 Å². The largest absolute Gasteiger partial charge is 0.494 e. The lowest BCUT2D eigenvalue weighted by molar-refractivity contribution is 0.0384. The van der Waals surface area contributed by atoms with Crippen LogP contribution in [0, 0.1) is 11.7 Å². The number of rotatable bonds is 4. The third-order valence-electron chi connectivity index (χ3n) is 3.39. The lowest BCUT2D eigenvalue weighted by atomic mass is 9.89. The lowest BCUT2D eigenvalue weighted by Crippen LogP contribution is -2.37. The number of methoxy groups -OCH3 is 1. The molecule has 0 saturated carbocycles. The van der Waals surface area contributed by atoms with E-state index in [1.807, 2.05) is 0 Å². The smallest absolute Gasteiger partial charge is 0.169 e. The van der Waals surface area contributed by atoms with Gasteiger partial charge >= 0.3 is 0 Å². The molecule has 0 amide bonds. The van der Waals surface area contributed by atoms with Crippen molar-refractivity contribution in [3.63, 3.8) is 0 Å². The molecule has 1 aliphatic heterocycles. The molecular weight excluding hydrogens is 235 g/mol. The van der Waals surface area contributed by atoms with Gasteiger partial charge in [0.25, 0.3) is 0 Å². The van der Waals surface area contributed by atoms with E-state index in [2.05, 4.69) is 5.43 Å². The highest BCUT2D eigenvalue weighted by atomic mass is 19.1. The van der Waals surface area contributed by atoms with Crippen LogP contribution in [0.3, 0.4) is 0 Å². The van der Waals surface area contributed by atoms with E-state index >= 15 is 0 Å². The molecule has 100 valence electrons. The van der Waals surface area contributed by atoms with Gasteiger partial charge in [-0.15, -0.1) is 0 Å². The third-order valence-corrected chi connectivity index (χ3v) is 3.39. The molecule has 1 saturated heterocycles. The highest BCUT2D eigenvalue weighted by molar-refractivity contribution is 5.33. The highest BCUT2D eigenvalue weighted by Crippen LogP contribution is 2.32. The quantitative estimate of drug-likeness (QED) is 0.635. The van der Waals surface area contributed by atoms with Crippen LogP contribution in [0.4, 0.5) is 4.39 Å². The van der Waals surface area contributed by atoms with Crippen molar-refractivity contribution in [2.24, 2.45) is 11.8 Å². The van der Waals surface area contributed by atoms with Gasteiger partial charge in [-0.2, -0.15) is 0 Å². The molecule has 18 heavy (non-hydrogen) atoms. The number of hydrogen-bond acceptors (Lipinski definition) is 4. The number of benzene rings is 1. The summed E-state index contributed by atoms with van der Waals surface area (Å²) in [5.41, 5.74) is 3.24. The topological polar surface area (TPSA) is 56.5 Å². The van der Waals surface area contributed by atoms with E-state index in [4.69, 9.17) is 15.3 Å². The minimum Gasteiger partial charge on any atom is -0.494 e. The molecule has 3 N–H and O–H groups in total. The van der Waals surface area contributed by atoms with E-state index in [1.54, 1.807) is 18.2 Å². The first kappa shape index (κ1) is 13.3. The monoisotopic (exact) mass is 254 g/mol. The molecular formula is C13H19FN2O2. The Morgan fingerprint density at radius 2 is 2.39 bits per heavy atom. The number of nitrogens with two attached hydrogens (primary N) is 1. The van der Waals surface area contributed by atoms with Crippen LogP contribution in [0.5, 0.6) is 5.75 Å². The minimum atomic E-state index is -0.353. The zero-order valence-corrected chi connectivity index (χ0v) is 10.5. The van der Waals surface area contributed by atoms with E-state index in [0.29, 0.717) is 12.2 Å². The molecule has 0 aromatic heterocycles. The Morgan fingerprint density at radius 1 is 1.56 bits per heavy atom. The normalized spacial score (nSPS) is 21.6. The van der Waals surface area contributed by atoms with Crippen LogP contribution < -0.4 is 16.0 Å². The Balaban J connectivity index is 2.26. The summed E-state index contributed by atoms with van der Waals surface area (Å²) in [5, 5.41) is 0. The summed E-state index contributed by atoms with van der Waals surface area (Å²) in [6.07, 6.45) is 1.96. The Morgan fingerprint density at radius 3 is 3.00 bits per heavy atom. The molecule has 0 aliphatic carbocycles. The molecule has 0 spiro atoms. The van der Waals surface area contributed by atoms with Crippen LogP contribution in [0.25, 0.3) is 0 Å². The van der Waals surface area contributed by atoms with Gasteiger partial charge in [0.05, 0.1) is 19.8 Å². The van der Waals surface area contributed by atoms with Gasteiger partial charge in [-0.3, -0.25) is 11.3 Å². The zero-order valence-electron chi connectivity index (χ0n) is 10.5. The molecule has 2 unspecified atom stereocenters. The number of hydrogen-bond donors (Lipinski definition) is 2. The van der Waals surface area contributed by atoms with Crippen LogP contribution in [0.15, 0.2) is 18.2 Å². The van der Waals surface area contributed by atoms with Gasteiger partial charge in [-0.25, -0.2) is 4.39 Å². The summed E-state index contributed by atoms with van der Waals surface area (Å²) in [6, 6.07) is 4.85. The van der Waals surface area contributed by atoms with Crippen molar-refractivity contribution in [1.29, 1.82) is 0 Å². The molecule has 0 bridgehead atoms. The Labute approximate surface area is 106 Å². The van der Waals surface area contributed by atoms with Crippen molar-refractivity contribution in [2.45, 2.75) is 18.9 Å². The second-order valence-corrected chi connectivity index (χ2v) is 4.49. The molecule has 5 heteroatoms. The number of ether oxygens (including phenoxy) is 2. The molecule has 0 radical (unpaired) electrons. The van der Waals surface area contributed by atoms with Crippen molar-refractivity contribution in [1.82, 2.24) is 5.43 Å². The van der Waals surface area contributed by atoms with Gasteiger partial charge in [-0.05, 0) is 18.9 Å². The van der Waals surface area contributed by atoms with Crippen LogP contribution in [-0.2, 0) is 4.74 Å². The Bertz CT molecular complexity index is 395. The summed E-state index contributed by atoms with van der Waals surface area (Å²) in [7, 11) is 1.46. The maximum absolute atomic E-state index is 14.2. The van der Waals surface area contributed by atoms with Crippen molar-refractivity contribution < 1.29 is 13.9 Å². The fourth-order valence-electron chi connectivity index (χ4n) is 2.43. The molecule has 2 rings (SSSR count). The molecule has 1 aromatic carbocycles. The maximum atomic E-state index is 14.2. The summed E-state index contributed by atoms with van der Waals surface area (Å²) >= 11 is 0. The van der Waals surface area contributed by atoms with E-state index in [-0.39, 0.29) is 23.5 Å². The maximum Gasteiger partial charge on any atom is 0.169 e. The number of nitrogens with one attached hydrogen (secondary N) is 1. The van der Waals surface area contributed by atoms with Crippen molar-refractivity contribution >= 4 is 0 Å². The van der Waals surface area contributed by atoms with Gasteiger partial charge in [0.1, 0.15) is 0 Å². The SMILES string of the molecule is COc1cccc(C(NN)C2CCCOC2)c1F. The first-order chi connectivity index (χ1) is 8.77. The van der Waals surface area contributed by atoms with Crippen LogP contribution >= 0.6 is 0 Å². The van der Waals surface area contributed by atoms with E-state index in [9.17, 15) is 4.39 Å². The molecule has 1 fully saturated rings. The van der Waals surface area contributed by atoms with E-state index < -0.39 is 0 Å². The fourth-order valence-corrected chi connectivity index (χ4v) is 2.43. The second kappa shape index (κ2) is 6.13. The number of hydrazine groups is 1. The predicted octanol–water partition coefficient (Wildman–Crippen LogP) is 1.77. The standard InChI is InChI=1S/C13H19FN2O2/c1-17-11-6-2-5-10(12(11)14)13(16-15)9-4-3-7-18-8-9/h2,5-6,9,13,16H,3-4,7-8,15H2,1H3. The molecule has 1 aliphatic rings.